The Balaban J connectivity index is 1.38. The number of benzene rings is 1. The summed E-state index contributed by atoms with van der Waals surface area (Å²) in [7, 11) is 0. The van der Waals surface area contributed by atoms with Crippen LogP contribution in [-0.2, 0) is 20.9 Å². The lowest BCUT2D eigenvalue weighted by atomic mass is 9.67. The van der Waals surface area contributed by atoms with Crippen molar-refractivity contribution in [2.45, 2.75) is 38.7 Å². The first-order chi connectivity index (χ1) is 13.6. The minimum Gasteiger partial charge on any atom is -0.457 e. The van der Waals surface area contributed by atoms with Crippen LogP contribution >= 0.6 is 0 Å². The number of nitrogens with zero attached hydrogens (tertiary/aromatic N) is 3. The molecule has 1 unspecified atom stereocenters. The molecule has 1 aromatic heterocycles. The van der Waals surface area contributed by atoms with Gasteiger partial charge in [-0.05, 0) is 37.8 Å². The number of nitrogens with one attached hydrogen (secondary N) is 1. The third-order valence-electron chi connectivity index (χ3n) is 5.45. The van der Waals surface area contributed by atoms with Crippen LogP contribution in [0.2, 0.25) is 0 Å². The van der Waals surface area contributed by atoms with Crippen LogP contribution in [0, 0.1) is 17.8 Å². The molecule has 3 N–H and O–H groups in total. The van der Waals surface area contributed by atoms with Gasteiger partial charge in [0.25, 0.3) is 0 Å². The number of rotatable bonds is 5. The van der Waals surface area contributed by atoms with Gasteiger partial charge in [0.1, 0.15) is 5.78 Å². The predicted octanol–water partition coefficient (Wildman–Crippen LogP) is 2.64. The van der Waals surface area contributed by atoms with Crippen LogP contribution in [0.5, 0.6) is 0 Å². The van der Waals surface area contributed by atoms with E-state index in [1.54, 1.807) is 0 Å². The van der Waals surface area contributed by atoms with E-state index in [-0.39, 0.29) is 42.1 Å². The molecule has 1 heterocycles. The highest BCUT2D eigenvalue weighted by molar-refractivity contribution is 5.87. The van der Waals surface area contributed by atoms with Crippen LogP contribution in [-0.4, -0.2) is 26.7 Å². The van der Waals surface area contributed by atoms with Crippen molar-refractivity contribution in [1.82, 2.24) is 15.0 Å². The molecule has 2 bridgehead atoms. The molecule has 0 amide bonds. The number of ether oxygens (including phenoxy) is 1. The summed E-state index contributed by atoms with van der Waals surface area (Å²) in [6, 6.07) is 9.44. The Morgan fingerprint density at radius 2 is 1.82 bits per heavy atom. The molecule has 0 saturated heterocycles. The average Bonchev–Trinajstić information content (AvgIpc) is 2.66. The maximum absolute atomic E-state index is 12.5. The Morgan fingerprint density at radius 3 is 2.54 bits per heavy atom. The van der Waals surface area contributed by atoms with E-state index in [2.05, 4.69) is 20.3 Å². The molecule has 0 radical (unpaired) electrons. The van der Waals surface area contributed by atoms with Crippen molar-refractivity contribution in [1.29, 1.82) is 0 Å². The van der Waals surface area contributed by atoms with Gasteiger partial charge in [-0.25, -0.2) is 0 Å². The van der Waals surface area contributed by atoms with Gasteiger partial charge in [-0.3, -0.25) is 9.59 Å². The lowest BCUT2D eigenvalue weighted by Crippen LogP contribution is -2.39. The molecule has 28 heavy (non-hydrogen) atoms. The number of fused-ring (bicyclic) bond motifs is 2. The number of hydrogen-bond donors (Lipinski definition) is 2. The molecular formula is C20H23N5O3. The first-order valence-electron chi connectivity index (χ1n) is 9.61. The highest BCUT2D eigenvalue weighted by Gasteiger charge is 2.41. The number of anilines is 3. The zero-order valence-electron chi connectivity index (χ0n) is 15.5. The predicted molar refractivity (Wildman–Crippen MR) is 102 cm³/mol. The Labute approximate surface area is 162 Å². The number of carbonyl (C=O) groups excluding carboxylic acids is 2. The van der Waals surface area contributed by atoms with Crippen LogP contribution < -0.4 is 11.1 Å². The molecule has 2 aliphatic rings. The van der Waals surface area contributed by atoms with Crippen LogP contribution in [0.15, 0.2) is 30.3 Å². The summed E-state index contributed by atoms with van der Waals surface area (Å²) in [6.07, 6.45) is 4.03. The summed E-state index contributed by atoms with van der Waals surface area (Å²) in [5.41, 5.74) is 6.57. The smallest absolute Gasteiger partial charge is 0.309 e. The Kier molecular flexibility index (Phi) is 5.18. The van der Waals surface area contributed by atoms with E-state index in [1.165, 1.54) is 0 Å². The third-order valence-corrected chi connectivity index (χ3v) is 5.45. The van der Waals surface area contributed by atoms with Gasteiger partial charge in [-0.2, -0.15) is 15.0 Å². The van der Waals surface area contributed by atoms with Crippen LogP contribution in [0.4, 0.5) is 17.6 Å². The Morgan fingerprint density at radius 1 is 1.11 bits per heavy atom. The van der Waals surface area contributed by atoms with Gasteiger partial charge < -0.3 is 15.8 Å². The molecule has 8 nitrogen and oxygen atoms in total. The van der Waals surface area contributed by atoms with Gasteiger partial charge >= 0.3 is 5.97 Å². The quantitative estimate of drug-likeness (QED) is 0.759. The molecular weight excluding hydrogens is 358 g/mol. The minimum atomic E-state index is -0.291. The summed E-state index contributed by atoms with van der Waals surface area (Å²) >= 11 is 0. The van der Waals surface area contributed by atoms with Crippen LogP contribution in [0.1, 0.15) is 37.9 Å². The number of Topliss-reactive ketones (excluding diaryl/α,β-unsaturated/α-hetero) is 1. The summed E-state index contributed by atoms with van der Waals surface area (Å²) < 4.78 is 5.44. The standard InChI is InChI=1S/C20H23N5O3/c21-19-23-16(24-20(25-19)22-15-7-2-1-3-8-15)11-28-18(27)14-9-12-5-4-6-13(10-14)17(12)26/h1-3,7-8,12-14H,4-6,9-11H2,(H3,21,22,23,24,25)/t12-,13+,14?. The summed E-state index contributed by atoms with van der Waals surface area (Å²) in [5, 5.41) is 3.05. The number of nitrogen functional groups attached to an aromatic ring is 1. The Hall–Kier alpha value is -3.03. The average molecular weight is 381 g/mol. The summed E-state index contributed by atoms with van der Waals surface area (Å²) in [6.45, 7) is -0.0746. The van der Waals surface area contributed by atoms with Crippen LogP contribution in [0.25, 0.3) is 0 Å². The summed E-state index contributed by atoms with van der Waals surface area (Å²) in [4.78, 5) is 37.1. The molecule has 2 fully saturated rings. The first kappa shape index (κ1) is 18.3. The van der Waals surface area contributed by atoms with Gasteiger partial charge in [0.15, 0.2) is 12.4 Å². The van der Waals surface area contributed by atoms with Crippen molar-refractivity contribution in [2.75, 3.05) is 11.1 Å². The monoisotopic (exact) mass is 381 g/mol. The van der Waals surface area contributed by atoms with Crippen molar-refractivity contribution in [2.24, 2.45) is 17.8 Å². The van der Waals surface area contributed by atoms with Gasteiger partial charge in [0.2, 0.25) is 11.9 Å². The largest absolute Gasteiger partial charge is 0.457 e. The van der Waals surface area contributed by atoms with E-state index in [9.17, 15) is 9.59 Å². The van der Waals surface area contributed by atoms with E-state index in [0.717, 1.165) is 24.9 Å². The highest BCUT2D eigenvalue weighted by atomic mass is 16.5. The van der Waals surface area contributed by atoms with Gasteiger partial charge in [0.05, 0.1) is 5.92 Å². The molecule has 2 aromatic rings. The fraction of sp³-hybridized carbons (Fsp3) is 0.450. The SMILES string of the molecule is Nc1nc(COC(=O)C2C[C@H]3CCC[C@@H](C2)C3=O)nc(Nc2ccccc2)n1. The molecule has 4 rings (SSSR count). The van der Waals surface area contributed by atoms with Crippen molar-refractivity contribution in [3.05, 3.63) is 36.2 Å². The maximum atomic E-state index is 12.5. The van der Waals surface area contributed by atoms with E-state index in [4.69, 9.17) is 10.5 Å². The fourth-order valence-electron chi connectivity index (χ4n) is 4.13. The minimum absolute atomic E-state index is 0.0135. The second-order valence-corrected chi connectivity index (χ2v) is 7.43. The lowest BCUT2D eigenvalue weighted by Gasteiger charge is -2.36. The van der Waals surface area contributed by atoms with E-state index >= 15 is 0 Å². The number of aromatic nitrogens is 3. The molecule has 1 aromatic carbocycles. The molecule has 8 heteroatoms. The number of hydrogen-bond acceptors (Lipinski definition) is 8. The number of carbonyl (C=O) groups is 2. The highest BCUT2D eigenvalue weighted by Crippen LogP contribution is 2.40. The van der Waals surface area contributed by atoms with Gasteiger partial charge in [-0.15, -0.1) is 0 Å². The normalized spacial score (nSPS) is 23.9. The van der Waals surface area contributed by atoms with Crippen molar-refractivity contribution in [3.8, 4) is 0 Å². The number of para-hydroxylation sites is 1. The summed E-state index contributed by atoms with van der Waals surface area (Å²) in [5.74, 6) is 0.470. The molecule has 0 aliphatic heterocycles. The van der Waals surface area contributed by atoms with Gasteiger partial charge in [-0.1, -0.05) is 24.6 Å². The van der Waals surface area contributed by atoms with Gasteiger partial charge in [0, 0.05) is 17.5 Å². The molecule has 0 spiro atoms. The second kappa shape index (κ2) is 7.92. The number of esters is 1. The molecule has 146 valence electrons. The maximum Gasteiger partial charge on any atom is 0.309 e. The van der Waals surface area contributed by atoms with E-state index in [1.807, 2.05) is 30.3 Å². The number of nitrogens with two attached hydrogens (primary N) is 1. The zero-order chi connectivity index (χ0) is 19.5. The molecule has 2 aliphatic carbocycles. The molecule has 2 saturated carbocycles. The van der Waals surface area contributed by atoms with Crippen molar-refractivity contribution >= 4 is 29.3 Å². The second-order valence-electron chi connectivity index (χ2n) is 7.43. The fourth-order valence-corrected chi connectivity index (χ4v) is 4.13. The number of ketones is 1. The van der Waals surface area contributed by atoms with E-state index in [0.29, 0.717) is 24.6 Å². The lowest BCUT2D eigenvalue weighted by molar-refractivity contribution is -0.155. The topological polar surface area (TPSA) is 120 Å². The zero-order valence-corrected chi connectivity index (χ0v) is 15.5. The Bertz CT molecular complexity index is 857. The van der Waals surface area contributed by atoms with Crippen LogP contribution in [0.3, 0.4) is 0 Å². The van der Waals surface area contributed by atoms with Crippen molar-refractivity contribution in [3.63, 3.8) is 0 Å². The van der Waals surface area contributed by atoms with E-state index < -0.39 is 0 Å². The molecule has 3 atom stereocenters. The third kappa shape index (κ3) is 4.11. The first-order valence-corrected chi connectivity index (χ1v) is 9.61. The van der Waals surface area contributed by atoms with Crippen molar-refractivity contribution < 1.29 is 14.3 Å².